The van der Waals surface area contributed by atoms with Crippen LogP contribution in [0.2, 0.25) is 0 Å². The van der Waals surface area contributed by atoms with Crippen molar-refractivity contribution in [2.24, 2.45) is 0 Å². The molecule has 2 aromatic rings. The van der Waals surface area contributed by atoms with Crippen LogP contribution in [0.25, 0.3) is 10.4 Å². The van der Waals surface area contributed by atoms with E-state index >= 15 is 0 Å². The highest BCUT2D eigenvalue weighted by Gasteiger charge is 2.37. The first kappa shape index (κ1) is 19.6. The smallest absolute Gasteiger partial charge is 0.436 e. The molecule has 1 aromatic heterocycles. The zero-order valence-electron chi connectivity index (χ0n) is 14.1. The summed E-state index contributed by atoms with van der Waals surface area (Å²) in [5.41, 5.74) is -0.820. The number of aliphatic hydroxyl groups excluding tert-OH is 1. The topological polar surface area (TPSA) is 67.3 Å². The van der Waals surface area contributed by atoms with Gasteiger partial charge in [0.1, 0.15) is 18.5 Å². The lowest BCUT2D eigenvalue weighted by Gasteiger charge is -2.23. The van der Waals surface area contributed by atoms with E-state index in [1.807, 2.05) is 20.8 Å². The number of benzene rings is 1. The average molecular weight is 375 g/mol. The van der Waals surface area contributed by atoms with Gasteiger partial charge in [-0.15, -0.1) is 5.10 Å². The highest BCUT2D eigenvalue weighted by Crippen LogP contribution is 2.38. The predicted octanol–water partition coefficient (Wildman–Crippen LogP) is 3.35. The molecule has 0 aliphatic carbocycles. The molecule has 1 unspecified atom stereocenters. The Kier molecular flexibility index (Phi) is 6.02. The van der Waals surface area contributed by atoms with Crippen molar-refractivity contribution in [3.8, 4) is 16.2 Å². The number of rotatable bonds is 6. The van der Waals surface area contributed by atoms with Gasteiger partial charge < -0.3 is 15.2 Å². The van der Waals surface area contributed by atoms with Gasteiger partial charge in [-0.05, 0) is 50.0 Å². The molecule has 138 valence electrons. The second-order valence-electron chi connectivity index (χ2n) is 6.57. The summed E-state index contributed by atoms with van der Waals surface area (Å²) in [6.07, 6.45) is -5.30. The van der Waals surface area contributed by atoms with E-state index in [0.717, 1.165) is 0 Å². The van der Waals surface area contributed by atoms with E-state index < -0.39 is 18.0 Å². The summed E-state index contributed by atoms with van der Waals surface area (Å²) in [4.78, 5) is -0.0621. The van der Waals surface area contributed by atoms with Crippen LogP contribution in [0, 0.1) is 0 Å². The Hall–Kier alpha value is -1.71. The number of ether oxygens (including phenoxy) is 1. The van der Waals surface area contributed by atoms with E-state index in [-0.39, 0.29) is 17.0 Å². The van der Waals surface area contributed by atoms with Crippen molar-refractivity contribution in [2.75, 3.05) is 13.2 Å². The first-order chi connectivity index (χ1) is 11.6. The lowest BCUT2D eigenvalue weighted by atomic mass is 10.1. The molecule has 0 spiro atoms. The minimum Gasteiger partial charge on any atom is -0.491 e. The second kappa shape index (κ2) is 7.67. The molecule has 0 saturated heterocycles. The summed E-state index contributed by atoms with van der Waals surface area (Å²) in [6.45, 7) is 6.31. The van der Waals surface area contributed by atoms with Crippen LogP contribution in [-0.2, 0) is 6.18 Å². The maximum Gasteiger partial charge on any atom is 0.436 e. The van der Waals surface area contributed by atoms with Crippen molar-refractivity contribution in [3.05, 3.63) is 30.0 Å². The Labute approximate surface area is 148 Å². The van der Waals surface area contributed by atoms with Crippen molar-refractivity contribution >= 4 is 11.5 Å². The van der Waals surface area contributed by atoms with Crippen LogP contribution in [0.3, 0.4) is 0 Å². The van der Waals surface area contributed by atoms with Crippen LogP contribution in [0.15, 0.2) is 24.3 Å². The maximum absolute atomic E-state index is 12.9. The lowest BCUT2D eigenvalue weighted by molar-refractivity contribution is -0.140. The van der Waals surface area contributed by atoms with Crippen molar-refractivity contribution < 1.29 is 23.0 Å². The van der Waals surface area contributed by atoms with Gasteiger partial charge in [-0.25, -0.2) is 0 Å². The SMILES string of the molecule is CC(C)(C)NCC(O)COc1cccc(-c2snnc2C(F)(F)F)c1. The molecule has 0 bridgehead atoms. The van der Waals surface area contributed by atoms with Crippen LogP contribution in [-0.4, -0.2) is 39.5 Å². The van der Waals surface area contributed by atoms with Gasteiger partial charge in [-0.2, -0.15) is 13.2 Å². The van der Waals surface area contributed by atoms with E-state index in [1.54, 1.807) is 12.1 Å². The van der Waals surface area contributed by atoms with Gasteiger partial charge in [0.2, 0.25) is 0 Å². The van der Waals surface area contributed by atoms with Crippen LogP contribution < -0.4 is 10.1 Å². The molecular weight excluding hydrogens is 355 g/mol. The largest absolute Gasteiger partial charge is 0.491 e. The molecule has 1 heterocycles. The zero-order valence-corrected chi connectivity index (χ0v) is 14.9. The molecule has 1 atom stereocenters. The predicted molar refractivity (Wildman–Crippen MR) is 89.6 cm³/mol. The Bertz CT molecular complexity index is 698. The fraction of sp³-hybridized carbons (Fsp3) is 0.500. The zero-order chi connectivity index (χ0) is 18.7. The maximum atomic E-state index is 12.9. The summed E-state index contributed by atoms with van der Waals surface area (Å²) < 4.78 is 47.7. The number of hydrogen-bond acceptors (Lipinski definition) is 6. The minimum absolute atomic E-state index is 0.0274. The highest BCUT2D eigenvalue weighted by atomic mass is 32.1. The fourth-order valence-corrected chi connectivity index (χ4v) is 2.65. The second-order valence-corrected chi connectivity index (χ2v) is 7.33. The summed E-state index contributed by atoms with van der Waals surface area (Å²) >= 11 is 0.677. The number of halogens is 3. The van der Waals surface area contributed by atoms with Crippen molar-refractivity contribution in [1.29, 1.82) is 0 Å². The Morgan fingerprint density at radius 3 is 2.64 bits per heavy atom. The fourth-order valence-electron chi connectivity index (χ4n) is 1.97. The average Bonchev–Trinajstić information content (AvgIpc) is 3.00. The van der Waals surface area contributed by atoms with E-state index in [9.17, 15) is 18.3 Å². The van der Waals surface area contributed by atoms with Gasteiger partial charge in [0.15, 0.2) is 5.69 Å². The minimum atomic E-state index is -4.56. The van der Waals surface area contributed by atoms with E-state index in [0.29, 0.717) is 29.4 Å². The van der Waals surface area contributed by atoms with Crippen LogP contribution in [0.4, 0.5) is 13.2 Å². The molecule has 9 heteroatoms. The standard InChI is InChI=1S/C16H20F3N3O2S/c1-15(2,3)20-8-11(23)9-24-12-6-4-5-10(7-12)13-14(16(17,18)19)21-22-25-13/h4-7,11,20,23H,8-9H2,1-3H3. The number of nitrogens with one attached hydrogen (secondary N) is 1. The van der Waals surface area contributed by atoms with Gasteiger partial charge in [-0.3, -0.25) is 0 Å². The van der Waals surface area contributed by atoms with E-state index in [4.69, 9.17) is 4.74 Å². The van der Waals surface area contributed by atoms with E-state index in [1.165, 1.54) is 12.1 Å². The Balaban J connectivity index is 2.04. The molecule has 5 nitrogen and oxygen atoms in total. The first-order valence-electron chi connectivity index (χ1n) is 7.62. The van der Waals surface area contributed by atoms with Crippen LogP contribution in [0.5, 0.6) is 5.75 Å². The normalized spacial score (nSPS) is 13.7. The molecule has 0 aliphatic rings. The van der Waals surface area contributed by atoms with Crippen molar-refractivity contribution in [2.45, 2.75) is 38.6 Å². The van der Waals surface area contributed by atoms with Gasteiger partial charge in [0.05, 0.1) is 4.88 Å². The summed E-state index contributed by atoms with van der Waals surface area (Å²) in [6, 6.07) is 6.22. The number of hydrogen-bond donors (Lipinski definition) is 2. The summed E-state index contributed by atoms with van der Waals surface area (Å²) in [5.74, 6) is 0.369. The third kappa shape index (κ3) is 5.94. The Morgan fingerprint density at radius 2 is 2.00 bits per heavy atom. The van der Waals surface area contributed by atoms with Gasteiger partial charge in [0, 0.05) is 12.1 Å². The molecule has 0 saturated carbocycles. The first-order valence-corrected chi connectivity index (χ1v) is 8.39. The van der Waals surface area contributed by atoms with Gasteiger partial charge >= 0.3 is 6.18 Å². The molecule has 0 aliphatic heterocycles. The molecule has 1 aromatic carbocycles. The van der Waals surface area contributed by atoms with Crippen molar-refractivity contribution in [3.63, 3.8) is 0 Å². The summed E-state index contributed by atoms with van der Waals surface area (Å²) in [7, 11) is 0. The molecule has 25 heavy (non-hydrogen) atoms. The number of β-amino-alcohol motifs (C(OH)–C–C–N with tert-alkyl or cyclic N) is 1. The van der Waals surface area contributed by atoms with Gasteiger partial charge in [-0.1, -0.05) is 16.6 Å². The quantitative estimate of drug-likeness (QED) is 0.811. The highest BCUT2D eigenvalue weighted by molar-refractivity contribution is 7.09. The number of aliphatic hydroxyl groups is 1. The van der Waals surface area contributed by atoms with E-state index in [2.05, 4.69) is 14.9 Å². The molecule has 0 amide bonds. The molecule has 2 N–H and O–H groups in total. The van der Waals surface area contributed by atoms with Crippen molar-refractivity contribution in [1.82, 2.24) is 14.9 Å². The lowest BCUT2D eigenvalue weighted by Crippen LogP contribution is -2.42. The monoisotopic (exact) mass is 375 g/mol. The summed E-state index contributed by atoms with van der Waals surface area (Å²) in [5, 5.41) is 16.2. The number of alkyl halides is 3. The molecule has 0 fully saturated rings. The number of nitrogens with zero attached hydrogens (tertiary/aromatic N) is 2. The van der Waals surface area contributed by atoms with Crippen LogP contribution >= 0.6 is 11.5 Å². The van der Waals surface area contributed by atoms with Gasteiger partial charge in [0.25, 0.3) is 0 Å². The Morgan fingerprint density at radius 1 is 1.28 bits per heavy atom. The number of aromatic nitrogens is 2. The molecular formula is C16H20F3N3O2S. The third-order valence-corrected chi connectivity index (χ3v) is 3.94. The third-order valence-electron chi connectivity index (χ3n) is 3.16. The van der Waals surface area contributed by atoms with Crippen LogP contribution in [0.1, 0.15) is 26.5 Å². The molecule has 0 radical (unpaired) electrons. The molecule has 2 rings (SSSR count).